The molecule has 0 radical (unpaired) electrons. The van der Waals surface area contributed by atoms with Crippen LogP contribution in [0.5, 0.6) is 0 Å². The van der Waals surface area contributed by atoms with Gasteiger partial charge in [0.25, 0.3) is 5.91 Å². The Morgan fingerprint density at radius 2 is 2.04 bits per heavy atom. The average Bonchev–Trinajstić information content (AvgIpc) is 2.96. The molecule has 1 amide bonds. The molecule has 1 aromatic heterocycles. The lowest BCUT2D eigenvalue weighted by Crippen LogP contribution is -2.48. The molecule has 1 saturated heterocycles. The van der Waals surface area contributed by atoms with Gasteiger partial charge in [-0.1, -0.05) is 30.3 Å². The van der Waals surface area contributed by atoms with E-state index in [2.05, 4.69) is 26.1 Å². The fourth-order valence-electron chi connectivity index (χ4n) is 3.00. The maximum atomic E-state index is 12.8. The van der Waals surface area contributed by atoms with Crippen LogP contribution in [-0.4, -0.2) is 45.2 Å². The van der Waals surface area contributed by atoms with Crippen LogP contribution in [0, 0.1) is 5.41 Å². The molecular formula is C17H18BrN3O3. The number of carboxylic acid groups (broad SMARTS) is 1. The van der Waals surface area contributed by atoms with Gasteiger partial charge in [0, 0.05) is 18.7 Å². The molecule has 6 nitrogen and oxygen atoms in total. The Hall–Kier alpha value is -2.15. The second kappa shape index (κ2) is 6.39. The first kappa shape index (κ1) is 16.7. The van der Waals surface area contributed by atoms with E-state index in [9.17, 15) is 14.7 Å². The maximum Gasteiger partial charge on any atom is 0.311 e. The number of piperidine rings is 1. The van der Waals surface area contributed by atoms with Crippen LogP contribution in [-0.2, 0) is 4.79 Å². The summed E-state index contributed by atoms with van der Waals surface area (Å²) in [6.45, 7) is 2.44. The molecule has 2 N–H and O–H groups in total. The summed E-state index contributed by atoms with van der Waals surface area (Å²) in [5.74, 6) is -1.10. The third kappa shape index (κ3) is 2.96. The minimum atomic E-state index is -0.900. The molecule has 2 aromatic rings. The smallest absolute Gasteiger partial charge is 0.311 e. The topological polar surface area (TPSA) is 86.3 Å². The molecule has 126 valence electrons. The molecule has 7 heteroatoms. The van der Waals surface area contributed by atoms with Crippen molar-refractivity contribution >= 4 is 27.8 Å². The molecule has 1 aliphatic rings. The molecular weight excluding hydrogens is 374 g/mol. The number of hydrogen-bond acceptors (Lipinski definition) is 3. The van der Waals surface area contributed by atoms with Crippen molar-refractivity contribution in [1.82, 2.24) is 15.1 Å². The highest BCUT2D eigenvalue weighted by Gasteiger charge is 2.40. The highest BCUT2D eigenvalue weighted by molar-refractivity contribution is 9.10. The lowest BCUT2D eigenvalue weighted by molar-refractivity contribution is -0.150. The van der Waals surface area contributed by atoms with Gasteiger partial charge in [-0.3, -0.25) is 14.7 Å². The standard InChI is InChI=1S/C17H18BrN3O3/c1-17(16(23)24)8-5-9-21(10-17)15(22)14-12(18)13(19-20-14)11-6-3-2-4-7-11/h2-4,6-7H,5,8-10H2,1H3,(H,19,20)(H,23,24). The predicted octanol–water partition coefficient (Wildman–Crippen LogP) is 3.17. The maximum absolute atomic E-state index is 12.8. The van der Waals surface area contributed by atoms with Gasteiger partial charge in [0.15, 0.2) is 0 Å². The Kier molecular flexibility index (Phi) is 4.45. The summed E-state index contributed by atoms with van der Waals surface area (Å²) in [7, 11) is 0. The van der Waals surface area contributed by atoms with E-state index in [-0.39, 0.29) is 12.5 Å². The lowest BCUT2D eigenvalue weighted by atomic mass is 9.82. The molecule has 1 fully saturated rings. The summed E-state index contributed by atoms with van der Waals surface area (Å²) in [6.07, 6.45) is 1.25. The fraction of sp³-hybridized carbons (Fsp3) is 0.353. The number of halogens is 1. The third-order valence-electron chi connectivity index (χ3n) is 4.47. The molecule has 24 heavy (non-hydrogen) atoms. The normalized spacial score (nSPS) is 20.8. The van der Waals surface area contributed by atoms with Crippen LogP contribution in [0.15, 0.2) is 34.8 Å². The lowest BCUT2D eigenvalue weighted by Gasteiger charge is -2.37. The zero-order valence-electron chi connectivity index (χ0n) is 13.3. The highest BCUT2D eigenvalue weighted by Crippen LogP contribution is 2.33. The zero-order chi connectivity index (χ0) is 17.3. The van der Waals surface area contributed by atoms with Gasteiger partial charge in [-0.25, -0.2) is 0 Å². The Morgan fingerprint density at radius 3 is 2.71 bits per heavy atom. The Balaban J connectivity index is 1.86. The molecule has 0 saturated carbocycles. The second-order valence-corrected chi connectivity index (χ2v) is 7.12. The van der Waals surface area contributed by atoms with Crippen LogP contribution in [0.1, 0.15) is 30.3 Å². The Labute approximate surface area is 148 Å². The molecule has 1 aromatic carbocycles. The number of benzene rings is 1. The first-order valence-corrected chi connectivity index (χ1v) is 8.53. The summed E-state index contributed by atoms with van der Waals surface area (Å²) >= 11 is 3.46. The molecule has 2 heterocycles. The average molecular weight is 392 g/mol. The van der Waals surface area contributed by atoms with Gasteiger partial charge in [0.2, 0.25) is 0 Å². The second-order valence-electron chi connectivity index (χ2n) is 6.32. The number of aromatic amines is 1. The van der Waals surface area contributed by atoms with Crippen LogP contribution in [0.4, 0.5) is 0 Å². The molecule has 1 aliphatic heterocycles. The summed E-state index contributed by atoms with van der Waals surface area (Å²) in [6, 6.07) is 9.55. The van der Waals surface area contributed by atoms with Gasteiger partial charge < -0.3 is 10.0 Å². The molecule has 3 rings (SSSR count). The van der Waals surface area contributed by atoms with Crippen molar-refractivity contribution in [3.8, 4) is 11.3 Å². The van der Waals surface area contributed by atoms with E-state index < -0.39 is 11.4 Å². The number of nitrogens with zero attached hydrogens (tertiary/aromatic N) is 2. The molecule has 0 aliphatic carbocycles. The van der Waals surface area contributed by atoms with Crippen molar-refractivity contribution in [2.75, 3.05) is 13.1 Å². The highest BCUT2D eigenvalue weighted by atomic mass is 79.9. The Morgan fingerprint density at radius 1 is 1.33 bits per heavy atom. The number of carbonyl (C=O) groups is 2. The van der Waals surface area contributed by atoms with Crippen LogP contribution in [0.2, 0.25) is 0 Å². The number of likely N-dealkylation sites (tertiary alicyclic amines) is 1. The predicted molar refractivity (Wildman–Crippen MR) is 92.6 cm³/mol. The monoisotopic (exact) mass is 391 g/mol. The number of carbonyl (C=O) groups excluding carboxylic acids is 1. The first-order valence-electron chi connectivity index (χ1n) is 7.74. The van der Waals surface area contributed by atoms with Crippen molar-refractivity contribution < 1.29 is 14.7 Å². The summed E-state index contributed by atoms with van der Waals surface area (Å²) in [5, 5.41) is 16.4. The van der Waals surface area contributed by atoms with E-state index in [1.807, 2.05) is 30.3 Å². The van der Waals surface area contributed by atoms with Gasteiger partial charge >= 0.3 is 5.97 Å². The van der Waals surface area contributed by atoms with Gasteiger partial charge in [-0.05, 0) is 35.7 Å². The van der Waals surface area contributed by atoms with E-state index in [0.717, 1.165) is 5.56 Å². The molecule has 0 spiro atoms. The van der Waals surface area contributed by atoms with Crippen molar-refractivity contribution in [2.24, 2.45) is 5.41 Å². The molecule has 0 bridgehead atoms. The van der Waals surface area contributed by atoms with Crippen LogP contribution in [0.3, 0.4) is 0 Å². The molecule has 1 atom stereocenters. The van der Waals surface area contributed by atoms with Gasteiger partial charge in [0.1, 0.15) is 11.4 Å². The number of carboxylic acids is 1. The van der Waals surface area contributed by atoms with Crippen LogP contribution >= 0.6 is 15.9 Å². The van der Waals surface area contributed by atoms with Gasteiger partial charge in [-0.15, -0.1) is 0 Å². The summed E-state index contributed by atoms with van der Waals surface area (Å²) in [5.41, 5.74) is 1.01. The van der Waals surface area contributed by atoms with E-state index >= 15 is 0 Å². The van der Waals surface area contributed by atoms with E-state index in [1.165, 1.54) is 0 Å². The van der Waals surface area contributed by atoms with Crippen LogP contribution in [0.25, 0.3) is 11.3 Å². The largest absolute Gasteiger partial charge is 0.481 e. The minimum Gasteiger partial charge on any atom is -0.481 e. The number of aliphatic carboxylic acids is 1. The van der Waals surface area contributed by atoms with E-state index in [1.54, 1.807) is 11.8 Å². The van der Waals surface area contributed by atoms with Crippen molar-refractivity contribution in [3.63, 3.8) is 0 Å². The van der Waals surface area contributed by atoms with Crippen LogP contribution < -0.4 is 0 Å². The number of amides is 1. The summed E-state index contributed by atoms with van der Waals surface area (Å²) < 4.78 is 0.598. The minimum absolute atomic E-state index is 0.202. The first-order chi connectivity index (χ1) is 11.4. The SMILES string of the molecule is CC1(C(=O)O)CCCN(C(=O)c2[nH]nc(-c3ccccc3)c2Br)C1. The van der Waals surface area contributed by atoms with Crippen molar-refractivity contribution in [2.45, 2.75) is 19.8 Å². The quantitative estimate of drug-likeness (QED) is 0.840. The number of aromatic nitrogens is 2. The van der Waals surface area contributed by atoms with E-state index in [4.69, 9.17) is 0 Å². The zero-order valence-corrected chi connectivity index (χ0v) is 14.8. The number of H-pyrrole nitrogens is 1. The van der Waals surface area contributed by atoms with Gasteiger partial charge in [-0.2, -0.15) is 5.10 Å². The van der Waals surface area contributed by atoms with E-state index in [0.29, 0.717) is 35.2 Å². The fourth-order valence-corrected chi connectivity index (χ4v) is 3.58. The third-order valence-corrected chi connectivity index (χ3v) is 5.24. The summed E-state index contributed by atoms with van der Waals surface area (Å²) in [4.78, 5) is 25.9. The van der Waals surface area contributed by atoms with Crippen molar-refractivity contribution in [1.29, 1.82) is 0 Å². The van der Waals surface area contributed by atoms with Gasteiger partial charge in [0.05, 0.1) is 9.89 Å². The van der Waals surface area contributed by atoms with Crippen molar-refractivity contribution in [3.05, 3.63) is 40.5 Å². The Bertz CT molecular complexity index is 775. The molecule has 1 unspecified atom stereocenters. The number of hydrogen-bond donors (Lipinski definition) is 2. The number of nitrogens with one attached hydrogen (secondary N) is 1. The number of rotatable bonds is 3.